The van der Waals surface area contributed by atoms with Gasteiger partial charge in [0.2, 0.25) is 5.82 Å². The highest BCUT2D eigenvalue weighted by Crippen LogP contribution is 2.34. The standard InChI is InChI=1S/C14H15FN4O2/c1-3-6-16-14-13(19(20)21)12(17-8-18-14)10-7-9(2)4-5-11(10)15/h4-5,7-8H,3,6H2,1-2H3,(H,16,17,18). The van der Waals surface area contributed by atoms with E-state index in [1.165, 1.54) is 18.5 Å². The molecule has 2 rings (SSSR count). The van der Waals surface area contributed by atoms with Crippen molar-refractivity contribution in [2.24, 2.45) is 0 Å². The molecule has 0 radical (unpaired) electrons. The van der Waals surface area contributed by atoms with Crippen molar-refractivity contribution < 1.29 is 9.31 Å². The average Bonchev–Trinajstić information content (AvgIpc) is 2.47. The number of halogens is 1. The number of nitrogens with zero attached hydrogens (tertiary/aromatic N) is 3. The van der Waals surface area contributed by atoms with Crippen LogP contribution in [0.2, 0.25) is 0 Å². The normalized spacial score (nSPS) is 10.4. The first kappa shape index (κ1) is 14.8. The summed E-state index contributed by atoms with van der Waals surface area (Å²) < 4.78 is 14.0. The van der Waals surface area contributed by atoms with E-state index in [0.29, 0.717) is 6.54 Å². The summed E-state index contributed by atoms with van der Waals surface area (Å²) in [6, 6.07) is 4.41. The average molecular weight is 290 g/mol. The Kier molecular flexibility index (Phi) is 4.42. The van der Waals surface area contributed by atoms with Gasteiger partial charge in [-0.1, -0.05) is 18.6 Å². The maximum absolute atomic E-state index is 14.0. The lowest BCUT2D eigenvalue weighted by molar-refractivity contribution is -0.383. The van der Waals surface area contributed by atoms with Gasteiger partial charge in [0.1, 0.15) is 12.1 Å². The third kappa shape index (κ3) is 3.13. The zero-order chi connectivity index (χ0) is 15.4. The fourth-order valence-corrected chi connectivity index (χ4v) is 1.94. The highest BCUT2D eigenvalue weighted by atomic mass is 19.1. The summed E-state index contributed by atoms with van der Waals surface area (Å²) in [5.41, 5.74) is 0.566. The maximum atomic E-state index is 14.0. The van der Waals surface area contributed by atoms with Crippen molar-refractivity contribution in [2.45, 2.75) is 20.3 Å². The number of hydrogen-bond donors (Lipinski definition) is 1. The van der Waals surface area contributed by atoms with E-state index in [9.17, 15) is 14.5 Å². The molecule has 0 aliphatic heterocycles. The van der Waals surface area contributed by atoms with Crippen LogP contribution in [-0.4, -0.2) is 21.4 Å². The number of benzene rings is 1. The van der Waals surface area contributed by atoms with Crippen LogP contribution in [0.4, 0.5) is 15.9 Å². The van der Waals surface area contributed by atoms with Gasteiger partial charge >= 0.3 is 5.69 Å². The van der Waals surface area contributed by atoms with E-state index >= 15 is 0 Å². The quantitative estimate of drug-likeness (QED) is 0.674. The first-order valence-corrected chi connectivity index (χ1v) is 6.54. The van der Waals surface area contributed by atoms with Gasteiger partial charge in [0, 0.05) is 12.1 Å². The summed E-state index contributed by atoms with van der Waals surface area (Å²) >= 11 is 0. The lowest BCUT2D eigenvalue weighted by atomic mass is 10.1. The first-order valence-electron chi connectivity index (χ1n) is 6.54. The van der Waals surface area contributed by atoms with Crippen molar-refractivity contribution in [2.75, 3.05) is 11.9 Å². The molecule has 0 atom stereocenters. The highest BCUT2D eigenvalue weighted by molar-refractivity contribution is 5.77. The topological polar surface area (TPSA) is 81.0 Å². The smallest absolute Gasteiger partial charge is 0.337 e. The molecule has 1 heterocycles. The van der Waals surface area contributed by atoms with Crippen LogP contribution in [0.3, 0.4) is 0 Å². The van der Waals surface area contributed by atoms with Crippen LogP contribution in [-0.2, 0) is 0 Å². The Morgan fingerprint density at radius 2 is 2.14 bits per heavy atom. The van der Waals surface area contributed by atoms with Gasteiger partial charge in [0.15, 0.2) is 5.69 Å². The van der Waals surface area contributed by atoms with Crippen LogP contribution in [0.5, 0.6) is 0 Å². The highest BCUT2D eigenvalue weighted by Gasteiger charge is 2.25. The van der Waals surface area contributed by atoms with Crippen LogP contribution in [0.1, 0.15) is 18.9 Å². The summed E-state index contributed by atoms with van der Waals surface area (Å²) in [5, 5.41) is 14.2. The van der Waals surface area contributed by atoms with Gasteiger partial charge < -0.3 is 5.32 Å². The molecule has 6 nitrogen and oxygen atoms in total. The van der Waals surface area contributed by atoms with E-state index in [-0.39, 0.29) is 22.8 Å². The minimum absolute atomic E-state index is 0.0187. The molecule has 0 spiro atoms. The molecule has 0 saturated carbocycles. The number of aromatic nitrogens is 2. The number of aryl methyl sites for hydroxylation is 1. The second-order valence-electron chi connectivity index (χ2n) is 4.59. The third-order valence-electron chi connectivity index (χ3n) is 2.92. The van der Waals surface area contributed by atoms with E-state index in [1.807, 2.05) is 6.92 Å². The van der Waals surface area contributed by atoms with E-state index in [2.05, 4.69) is 15.3 Å². The Bertz CT molecular complexity index is 676. The van der Waals surface area contributed by atoms with Crippen LogP contribution in [0.15, 0.2) is 24.5 Å². The predicted molar refractivity (Wildman–Crippen MR) is 77.6 cm³/mol. The molecule has 110 valence electrons. The number of rotatable bonds is 5. The summed E-state index contributed by atoms with van der Waals surface area (Å²) in [4.78, 5) is 18.5. The van der Waals surface area contributed by atoms with Crippen LogP contribution in [0.25, 0.3) is 11.3 Å². The molecule has 0 fully saturated rings. The Balaban J connectivity index is 2.62. The molecule has 0 aliphatic rings. The molecule has 0 unspecified atom stereocenters. The number of anilines is 1. The molecule has 1 aromatic carbocycles. The maximum Gasteiger partial charge on any atom is 0.337 e. The largest absolute Gasteiger partial charge is 0.364 e. The SMILES string of the molecule is CCCNc1ncnc(-c2cc(C)ccc2F)c1[N+](=O)[O-]. The number of hydrogen-bond acceptors (Lipinski definition) is 5. The minimum Gasteiger partial charge on any atom is -0.364 e. The lowest BCUT2D eigenvalue weighted by Gasteiger charge is -2.09. The predicted octanol–water partition coefficient (Wildman–Crippen LogP) is 3.32. The van der Waals surface area contributed by atoms with Gasteiger partial charge in [0.05, 0.1) is 4.92 Å². The third-order valence-corrected chi connectivity index (χ3v) is 2.92. The van der Waals surface area contributed by atoms with Gasteiger partial charge in [-0.2, -0.15) is 0 Å². The van der Waals surface area contributed by atoms with Crippen molar-refractivity contribution in [3.8, 4) is 11.3 Å². The van der Waals surface area contributed by atoms with Gasteiger partial charge in [-0.25, -0.2) is 14.4 Å². The molecule has 7 heteroatoms. The lowest BCUT2D eigenvalue weighted by Crippen LogP contribution is -2.08. The molecular formula is C14H15FN4O2. The molecule has 0 saturated heterocycles. The van der Waals surface area contributed by atoms with E-state index < -0.39 is 10.7 Å². The fraction of sp³-hybridized carbons (Fsp3) is 0.286. The zero-order valence-corrected chi connectivity index (χ0v) is 11.8. The summed E-state index contributed by atoms with van der Waals surface area (Å²) in [6.45, 7) is 4.25. The van der Waals surface area contributed by atoms with Crippen LogP contribution < -0.4 is 5.32 Å². The molecular weight excluding hydrogens is 275 g/mol. The van der Waals surface area contributed by atoms with Crippen molar-refractivity contribution in [3.63, 3.8) is 0 Å². The molecule has 2 aromatic rings. The molecule has 0 bridgehead atoms. The fourth-order valence-electron chi connectivity index (χ4n) is 1.94. The second kappa shape index (κ2) is 6.25. The molecule has 21 heavy (non-hydrogen) atoms. The molecule has 1 N–H and O–H groups in total. The monoisotopic (exact) mass is 290 g/mol. The Morgan fingerprint density at radius 1 is 1.38 bits per heavy atom. The van der Waals surface area contributed by atoms with Gasteiger partial charge in [0.25, 0.3) is 0 Å². The second-order valence-corrected chi connectivity index (χ2v) is 4.59. The summed E-state index contributed by atoms with van der Waals surface area (Å²) in [5.74, 6) is -0.448. The summed E-state index contributed by atoms with van der Waals surface area (Å²) in [6.07, 6.45) is 1.98. The van der Waals surface area contributed by atoms with E-state index in [0.717, 1.165) is 12.0 Å². The van der Waals surface area contributed by atoms with Crippen LogP contribution >= 0.6 is 0 Å². The van der Waals surface area contributed by atoms with Crippen molar-refractivity contribution >= 4 is 11.5 Å². The number of nitro groups is 1. The van der Waals surface area contributed by atoms with E-state index in [1.54, 1.807) is 13.0 Å². The van der Waals surface area contributed by atoms with Crippen molar-refractivity contribution in [1.82, 2.24) is 9.97 Å². The Labute approximate surface area is 121 Å². The van der Waals surface area contributed by atoms with Gasteiger partial charge in [-0.3, -0.25) is 10.1 Å². The molecule has 1 aromatic heterocycles. The number of nitrogens with one attached hydrogen (secondary N) is 1. The van der Waals surface area contributed by atoms with Crippen molar-refractivity contribution in [1.29, 1.82) is 0 Å². The van der Waals surface area contributed by atoms with Crippen LogP contribution in [0, 0.1) is 22.9 Å². The van der Waals surface area contributed by atoms with E-state index in [4.69, 9.17) is 0 Å². The Hall–Kier alpha value is -2.57. The minimum atomic E-state index is -0.588. The Morgan fingerprint density at radius 3 is 2.81 bits per heavy atom. The van der Waals surface area contributed by atoms with Gasteiger partial charge in [-0.05, 0) is 25.5 Å². The van der Waals surface area contributed by atoms with Crippen molar-refractivity contribution in [3.05, 3.63) is 46.0 Å². The van der Waals surface area contributed by atoms with Gasteiger partial charge in [-0.15, -0.1) is 0 Å². The zero-order valence-electron chi connectivity index (χ0n) is 11.8. The molecule has 0 amide bonds. The first-order chi connectivity index (χ1) is 10.0. The summed E-state index contributed by atoms with van der Waals surface area (Å²) in [7, 11) is 0. The molecule has 0 aliphatic carbocycles.